The van der Waals surface area contributed by atoms with E-state index in [0.717, 1.165) is 31.4 Å². The molecule has 20 heavy (non-hydrogen) atoms. The molecule has 0 atom stereocenters. The fourth-order valence-electron chi connectivity index (χ4n) is 2.65. The van der Waals surface area contributed by atoms with E-state index < -0.39 is 5.60 Å². The van der Waals surface area contributed by atoms with Gasteiger partial charge in [-0.3, -0.25) is 0 Å². The van der Waals surface area contributed by atoms with Crippen molar-refractivity contribution < 1.29 is 14.6 Å². The van der Waals surface area contributed by atoms with Gasteiger partial charge in [0, 0.05) is 18.7 Å². The predicted octanol–water partition coefficient (Wildman–Crippen LogP) is 3.46. The first-order valence-electron chi connectivity index (χ1n) is 6.96. The Morgan fingerprint density at radius 1 is 1.15 bits per heavy atom. The minimum absolute atomic E-state index is 0.506. The molecule has 0 heterocycles. The molecular weight excluding hydrogens is 278 g/mol. The van der Waals surface area contributed by atoms with Gasteiger partial charge in [-0.1, -0.05) is 30.9 Å². The lowest BCUT2D eigenvalue weighted by Crippen LogP contribution is -2.38. The number of aliphatic hydroxyl groups is 1. The van der Waals surface area contributed by atoms with Crippen LogP contribution in [0.2, 0.25) is 5.02 Å². The van der Waals surface area contributed by atoms with E-state index in [0.29, 0.717) is 23.1 Å². The van der Waals surface area contributed by atoms with Crippen molar-refractivity contribution in [1.29, 1.82) is 0 Å². The van der Waals surface area contributed by atoms with Crippen LogP contribution in [0.25, 0.3) is 0 Å². The molecule has 0 amide bonds. The average molecular weight is 300 g/mol. The second-order valence-electron chi connectivity index (χ2n) is 5.33. The molecule has 5 heteroatoms. The number of hydrogen-bond donors (Lipinski definition) is 2. The minimum Gasteiger partial charge on any atom is -0.495 e. The molecule has 112 valence electrons. The van der Waals surface area contributed by atoms with Gasteiger partial charge in [-0.2, -0.15) is 0 Å². The highest BCUT2D eigenvalue weighted by atomic mass is 35.5. The molecule has 1 aliphatic carbocycles. The summed E-state index contributed by atoms with van der Waals surface area (Å²) in [6, 6.07) is 3.51. The zero-order valence-corrected chi connectivity index (χ0v) is 12.8. The number of benzene rings is 1. The highest BCUT2D eigenvalue weighted by Crippen LogP contribution is 2.37. The van der Waals surface area contributed by atoms with E-state index in [2.05, 4.69) is 5.32 Å². The lowest BCUT2D eigenvalue weighted by molar-refractivity contribution is 0.0167. The Hall–Kier alpha value is -1.13. The Morgan fingerprint density at radius 2 is 1.80 bits per heavy atom. The molecule has 1 saturated carbocycles. The van der Waals surface area contributed by atoms with Crippen LogP contribution in [0.5, 0.6) is 11.5 Å². The Balaban J connectivity index is 2.11. The van der Waals surface area contributed by atoms with Crippen LogP contribution in [-0.2, 0) is 0 Å². The van der Waals surface area contributed by atoms with Crippen LogP contribution in [-0.4, -0.2) is 31.5 Å². The number of anilines is 1. The molecule has 2 N–H and O–H groups in total. The maximum Gasteiger partial charge on any atom is 0.143 e. The maximum atomic E-state index is 10.5. The van der Waals surface area contributed by atoms with Crippen molar-refractivity contribution >= 4 is 17.3 Å². The van der Waals surface area contributed by atoms with E-state index in [4.69, 9.17) is 21.1 Å². The third-order valence-electron chi connectivity index (χ3n) is 3.87. The first kappa shape index (κ1) is 15.3. The first-order chi connectivity index (χ1) is 9.58. The fraction of sp³-hybridized carbons (Fsp3) is 0.600. The summed E-state index contributed by atoms with van der Waals surface area (Å²) in [4.78, 5) is 0. The van der Waals surface area contributed by atoms with Crippen LogP contribution < -0.4 is 14.8 Å². The number of methoxy groups -OCH3 is 2. The van der Waals surface area contributed by atoms with Gasteiger partial charge in [-0.15, -0.1) is 0 Å². The molecule has 1 aromatic rings. The molecule has 0 aromatic heterocycles. The van der Waals surface area contributed by atoms with Crippen LogP contribution in [0.3, 0.4) is 0 Å². The summed E-state index contributed by atoms with van der Waals surface area (Å²) in [6.07, 6.45) is 5.05. The van der Waals surface area contributed by atoms with Crippen molar-refractivity contribution in [2.75, 3.05) is 26.1 Å². The fourth-order valence-corrected chi connectivity index (χ4v) is 2.88. The highest BCUT2D eigenvalue weighted by Gasteiger charge is 2.29. The van der Waals surface area contributed by atoms with Gasteiger partial charge in [0.2, 0.25) is 0 Å². The van der Waals surface area contributed by atoms with Crippen LogP contribution in [0.1, 0.15) is 32.1 Å². The summed E-state index contributed by atoms with van der Waals surface area (Å²) >= 11 is 6.07. The maximum absolute atomic E-state index is 10.5. The molecule has 4 nitrogen and oxygen atoms in total. The molecule has 2 rings (SSSR count). The van der Waals surface area contributed by atoms with E-state index in [1.165, 1.54) is 6.42 Å². The predicted molar refractivity (Wildman–Crippen MR) is 81.1 cm³/mol. The van der Waals surface area contributed by atoms with Crippen molar-refractivity contribution in [2.45, 2.75) is 37.7 Å². The Morgan fingerprint density at radius 3 is 2.40 bits per heavy atom. The zero-order chi connectivity index (χ0) is 14.6. The smallest absolute Gasteiger partial charge is 0.143 e. The van der Waals surface area contributed by atoms with Crippen LogP contribution in [0.4, 0.5) is 5.69 Å². The van der Waals surface area contributed by atoms with Gasteiger partial charge in [-0.05, 0) is 12.8 Å². The van der Waals surface area contributed by atoms with E-state index in [9.17, 15) is 5.11 Å². The van der Waals surface area contributed by atoms with E-state index >= 15 is 0 Å². The van der Waals surface area contributed by atoms with Gasteiger partial charge in [0.25, 0.3) is 0 Å². The molecule has 0 unspecified atom stereocenters. The third-order valence-corrected chi connectivity index (χ3v) is 4.16. The topological polar surface area (TPSA) is 50.7 Å². The SMILES string of the molecule is COc1cc(NCC2(O)CCCCC2)c(OC)cc1Cl. The summed E-state index contributed by atoms with van der Waals surface area (Å²) in [7, 11) is 3.17. The standard InChI is InChI=1S/C15H22ClNO3/c1-19-13-9-12(14(20-2)8-11(13)16)17-10-15(18)6-4-3-5-7-15/h8-9,17-18H,3-7,10H2,1-2H3. The number of rotatable bonds is 5. The highest BCUT2D eigenvalue weighted by molar-refractivity contribution is 6.32. The van der Waals surface area contributed by atoms with Crippen molar-refractivity contribution in [3.63, 3.8) is 0 Å². The van der Waals surface area contributed by atoms with Crippen LogP contribution in [0.15, 0.2) is 12.1 Å². The average Bonchev–Trinajstić information content (AvgIpc) is 2.46. The van der Waals surface area contributed by atoms with Crippen molar-refractivity contribution in [2.24, 2.45) is 0 Å². The number of halogens is 1. The van der Waals surface area contributed by atoms with Gasteiger partial charge >= 0.3 is 0 Å². The molecule has 1 aliphatic rings. The molecule has 0 saturated heterocycles. The Labute approximate surface area is 125 Å². The quantitative estimate of drug-likeness (QED) is 0.874. The largest absolute Gasteiger partial charge is 0.495 e. The monoisotopic (exact) mass is 299 g/mol. The van der Waals surface area contributed by atoms with Gasteiger partial charge < -0.3 is 19.9 Å². The lowest BCUT2D eigenvalue weighted by atomic mass is 9.85. The van der Waals surface area contributed by atoms with Gasteiger partial charge in [0.15, 0.2) is 0 Å². The van der Waals surface area contributed by atoms with Crippen LogP contribution >= 0.6 is 11.6 Å². The van der Waals surface area contributed by atoms with Gasteiger partial charge in [0.1, 0.15) is 11.5 Å². The second-order valence-corrected chi connectivity index (χ2v) is 5.73. The molecule has 0 bridgehead atoms. The normalized spacial score (nSPS) is 17.6. The van der Waals surface area contributed by atoms with E-state index in [-0.39, 0.29) is 0 Å². The summed E-state index contributed by atoms with van der Waals surface area (Å²) in [5, 5.41) is 14.3. The van der Waals surface area contributed by atoms with Crippen LogP contribution in [0, 0.1) is 0 Å². The first-order valence-corrected chi connectivity index (χ1v) is 7.33. The Kier molecular flexibility index (Phi) is 5.00. The second kappa shape index (κ2) is 6.55. The Bertz CT molecular complexity index is 459. The van der Waals surface area contributed by atoms with Crippen molar-refractivity contribution in [1.82, 2.24) is 0 Å². The van der Waals surface area contributed by atoms with E-state index in [1.807, 2.05) is 0 Å². The van der Waals surface area contributed by atoms with Crippen molar-refractivity contribution in [3.8, 4) is 11.5 Å². The molecular formula is C15H22ClNO3. The molecule has 0 aliphatic heterocycles. The summed E-state index contributed by atoms with van der Waals surface area (Å²) in [5.74, 6) is 1.24. The molecule has 0 radical (unpaired) electrons. The summed E-state index contributed by atoms with van der Waals surface area (Å²) in [5.41, 5.74) is 0.156. The van der Waals surface area contributed by atoms with E-state index in [1.54, 1.807) is 26.4 Å². The minimum atomic E-state index is -0.629. The molecule has 0 spiro atoms. The number of ether oxygens (including phenoxy) is 2. The lowest BCUT2D eigenvalue weighted by Gasteiger charge is -2.32. The van der Waals surface area contributed by atoms with Gasteiger partial charge in [-0.25, -0.2) is 0 Å². The zero-order valence-electron chi connectivity index (χ0n) is 12.0. The third kappa shape index (κ3) is 3.49. The summed E-state index contributed by atoms with van der Waals surface area (Å²) in [6.45, 7) is 0.508. The molecule has 1 fully saturated rings. The number of hydrogen-bond acceptors (Lipinski definition) is 4. The number of nitrogens with one attached hydrogen (secondary N) is 1. The molecule has 1 aromatic carbocycles. The summed E-state index contributed by atoms with van der Waals surface area (Å²) < 4.78 is 10.5. The van der Waals surface area contributed by atoms with Gasteiger partial charge in [0.05, 0.1) is 30.5 Å². The van der Waals surface area contributed by atoms with Crippen molar-refractivity contribution in [3.05, 3.63) is 17.2 Å².